The third-order valence-corrected chi connectivity index (χ3v) is 3.66. The quantitative estimate of drug-likeness (QED) is 0.794. The Labute approximate surface area is 128 Å². The van der Waals surface area contributed by atoms with Gasteiger partial charge in [0.15, 0.2) is 0 Å². The second-order valence-corrected chi connectivity index (χ2v) is 5.19. The zero-order chi connectivity index (χ0) is 14.7. The van der Waals surface area contributed by atoms with Gasteiger partial charge in [0, 0.05) is 22.5 Å². The first-order valence-electron chi connectivity index (χ1n) is 6.71. The molecule has 0 amide bonds. The van der Waals surface area contributed by atoms with Crippen LogP contribution in [-0.2, 0) is 13.2 Å². The van der Waals surface area contributed by atoms with Gasteiger partial charge in [-0.05, 0) is 23.8 Å². The molecule has 106 valence electrons. The van der Waals surface area contributed by atoms with E-state index in [1.807, 2.05) is 48.5 Å². The molecule has 0 bridgehead atoms. The minimum absolute atomic E-state index is 0.406. The summed E-state index contributed by atoms with van der Waals surface area (Å²) in [5.74, 6) is 0.729. The number of halogens is 1. The first kappa shape index (κ1) is 13.9. The van der Waals surface area contributed by atoms with Crippen LogP contribution in [0.2, 0.25) is 5.02 Å². The molecule has 0 radical (unpaired) electrons. The van der Waals surface area contributed by atoms with Crippen molar-refractivity contribution in [2.45, 2.75) is 13.2 Å². The maximum Gasteiger partial charge on any atom is 0.138 e. The van der Waals surface area contributed by atoms with Crippen LogP contribution in [0.4, 0.5) is 0 Å². The Balaban J connectivity index is 1.77. The molecule has 3 rings (SSSR count). The number of rotatable bonds is 4. The van der Waals surface area contributed by atoms with Crippen LogP contribution in [0.3, 0.4) is 0 Å². The van der Waals surface area contributed by atoms with Crippen LogP contribution in [0.15, 0.2) is 54.7 Å². The summed E-state index contributed by atoms with van der Waals surface area (Å²) in [6.07, 6.45) is 1.73. The van der Waals surface area contributed by atoms with Crippen LogP contribution in [-0.4, -0.2) is 4.98 Å². The van der Waals surface area contributed by atoms with Gasteiger partial charge in [0.1, 0.15) is 12.4 Å². The molecule has 0 aliphatic heterocycles. The minimum atomic E-state index is 0.406. The molecule has 0 spiro atoms. The van der Waals surface area contributed by atoms with Gasteiger partial charge in [-0.25, -0.2) is 0 Å². The van der Waals surface area contributed by atoms with Gasteiger partial charge in [-0.3, -0.25) is 4.98 Å². The monoisotopic (exact) mass is 298 g/mol. The lowest BCUT2D eigenvalue weighted by Gasteiger charge is -2.09. The molecule has 0 saturated carbocycles. The van der Waals surface area contributed by atoms with E-state index < -0.39 is 0 Å². The van der Waals surface area contributed by atoms with Gasteiger partial charge >= 0.3 is 0 Å². The third-order valence-electron chi connectivity index (χ3n) is 3.31. The van der Waals surface area contributed by atoms with Crippen molar-refractivity contribution in [3.05, 3.63) is 70.9 Å². The average molecular weight is 299 g/mol. The predicted octanol–water partition coefficient (Wildman–Crippen LogP) is 3.93. The molecule has 3 aromatic rings. The van der Waals surface area contributed by atoms with Crippen molar-refractivity contribution in [3.63, 3.8) is 0 Å². The van der Waals surface area contributed by atoms with Crippen molar-refractivity contribution < 1.29 is 4.74 Å². The molecule has 2 aromatic carbocycles. The molecule has 0 fully saturated rings. The summed E-state index contributed by atoms with van der Waals surface area (Å²) in [5, 5.41) is 1.73. The zero-order valence-corrected chi connectivity index (χ0v) is 12.2. The average Bonchev–Trinajstić information content (AvgIpc) is 2.53. The number of pyridine rings is 1. The van der Waals surface area contributed by atoms with Gasteiger partial charge in [0.25, 0.3) is 0 Å². The molecule has 1 aromatic heterocycles. The summed E-state index contributed by atoms with van der Waals surface area (Å²) in [5.41, 5.74) is 8.49. The first-order chi connectivity index (χ1) is 10.3. The summed E-state index contributed by atoms with van der Waals surface area (Å²) in [7, 11) is 0. The van der Waals surface area contributed by atoms with E-state index in [-0.39, 0.29) is 0 Å². The molecular formula is C17H15ClN2O. The SMILES string of the molecule is NCc1ccc(COc2cnc3ccccc3c2)c(Cl)c1. The smallest absolute Gasteiger partial charge is 0.138 e. The Kier molecular flexibility index (Phi) is 4.04. The normalized spacial score (nSPS) is 10.8. The maximum atomic E-state index is 6.22. The number of benzene rings is 2. The molecule has 0 unspecified atom stereocenters. The fourth-order valence-corrected chi connectivity index (χ4v) is 2.38. The first-order valence-corrected chi connectivity index (χ1v) is 7.09. The van der Waals surface area contributed by atoms with Crippen molar-refractivity contribution in [2.75, 3.05) is 0 Å². The molecule has 0 aliphatic carbocycles. The largest absolute Gasteiger partial charge is 0.487 e. The highest BCUT2D eigenvalue weighted by Crippen LogP contribution is 2.22. The van der Waals surface area contributed by atoms with Gasteiger partial charge in [-0.2, -0.15) is 0 Å². The zero-order valence-electron chi connectivity index (χ0n) is 11.4. The number of nitrogens with two attached hydrogens (primary N) is 1. The van der Waals surface area contributed by atoms with E-state index in [4.69, 9.17) is 22.1 Å². The van der Waals surface area contributed by atoms with Crippen LogP contribution in [0.1, 0.15) is 11.1 Å². The number of ether oxygens (including phenoxy) is 1. The van der Waals surface area contributed by atoms with Crippen molar-refractivity contribution in [3.8, 4) is 5.75 Å². The van der Waals surface area contributed by atoms with E-state index in [9.17, 15) is 0 Å². The van der Waals surface area contributed by atoms with E-state index in [2.05, 4.69) is 4.98 Å². The number of hydrogen-bond acceptors (Lipinski definition) is 3. The van der Waals surface area contributed by atoms with E-state index in [1.165, 1.54) is 0 Å². The lowest BCUT2D eigenvalue weighted by Crippen LogP contribution is -2.00. The van der Waals surface area contributed by atoms with E-state index in [1.54, 1.807) is 6.20 Å². The van der Waals surface area contributed by atoms with E-state index in [0.717, 1.165) is 27.8 Å². The number of nitrogens with zero attached hydrogens (tertiary/aromatic N) is 1. The predicted molar refractivity (Wildman–Crippen MR) is 85.4 cm³/mol. The van der Waals surface area contributed by atoms with Gasteiger partial charge in [-0.15, -0.1) is 0 Å². The molecule has 0 atom stereocenters. The van der Waals surface area contributed by atoms with Crippen LogP contribution in [0.25, 0.3) is 10.9 Å². The van der Waals surface area contributed by atoms with Crippen LogP contribution in [0.5, 0.6) is 5.75 Å². The Morgan fingerprint density at radius 2 is 1.95 bits per heavy atom. The van der Waals surface area contributed by atoms with Gasteiger partial charge in [-0.1, -0.05) is 41.9 Å². The van der Waals surface area contributed by atoms with Gasteiger partial charge in [0.05, 0.1) is 11.7 Å². The summed E-state index contributed by atoms with van der Waals surface area (Å²) in [6, 6.07) is 15.7. The van der Waals surface area contributed by atoms with Crippen molar-refractivity contribution in [1.29, 1.82) is 0 Å². The second-order valence-electron chi connectivity index (χ2n) is 4.78. The Bertz CT molecular complexity index is 774. The standard InChI is InChI=1S/C17H15ClN2O/c18-16-7-12(9-19)5-6-14(16)11-21-15-8-13-3-1-2-4-17(13)20-10-15/h1-8,10H,9,11,19H2. The highest BCUT2D eigenvalue weighted by molar-refractivity contribution is 6.31. The molecule has 0 saturated heterocycles. The number of hydrogen-bond donors (Lipinski definition) is 1. The fourth-order valence-electron chi connectivity index (χ4n) is 2.13. The van der Waals surface area contributed by atoms with Crippen molar-refractivity contribution in [2.24, 2.45) is 5.73 Å². The van der Waals surface area contributed by atoms with Crippen LogP contribution in [0, 0.1) is 0 Å². The molecular weight excluding hydrogens is 284 g/mol. The highest BCUT2D eigenvalue weighted by Gasteiger charge is 2.04. The van der Waals surface area contributed by atoms with Gasteiger partial charge < -0.3 is 10.5 Å². The Morgan fingerprint density at radius 1 is 1.10 bits per heavy atom. The molecule has 21 heavy (non-hydrogen) atoms. The molecule has 1 heterocycles. The number of para-hydroxylation sites is 1. The topological polar surface area (TPSA) is 48.1 Å². The van der Waals surface area contributed by atoms with Crippen molar-refractivity contribution in [1.82, 2.24) is 4.98 Å². The third kappa shape index (κ3) is 3.15. The number of aromatic nitrogens is 1. The maximum absolute atomic E-state index is 6.22. The van der Waals surface area contributed by atoms with E-state index in [0.29, 0.717) is 18.2 Å². The van der Waals surface area contributed by atoms with Crippen LogP contribution < -0.4 is 10.5 Å². The summed E-state index contributed by atoms with van der Waals surface area (Å²) in [4.78, 5) is 4.37. The molecule has 3 nitrogen and oxygen atoms in total. The number of fused-ring (bicyclic) bond motifs is 1. The fraction of sp³-hybridized carbons (Fsp3) is 0.118. The van der Waals surface area contributed by atoms with Gasteiger partial charge in [0.2, 0.25) is 0 Å². The highest BCUT2D eigenvalue weighted by atomic mass is 35.5. The van der Waals surface area contributed by atoms with Crippen molar-refractivity contribution >= 4 is 22.5 Å². The van der Waals surface area contributed by atoms with Crippen LogP contribution >= 0.6 is 11.6 Å². The second kappa shape index (κ2) is 6.12. The minimum Gasteiger partial charge on any atom is -0.487 e. The summed E-state index contributed by atoms with van der Waals surface area (Å²) >= 11 is 6.22. The molecule has 2 N–H and O–H groups in total. The Hall–Kier alpha value is -2.10. The lowest BCUT2D eigenvalue weighted by atomic mass is 10.1. The Morgan fingerprint density at radius 3 is 2.76 bits per heavy atom. The van der Waals surface area contributed by atoms with E-state index >= 15 is 0 Å². The lowest BCUT2D eigenvalue weighted by molar-refractivity contribution is 0.305. The molecule has 4 heteroatoms. The molecule has 0 aliphatic rings. The summed E-state index contributed by atoms with van der Waals surface area (Å²) in [6.45, 7) is 0.888. The summed E-state index contributed by atoms with van der Waals surface area (Å²) < 4.78 is 5.78.